The SMILES string of the molecule is COc1ccc(-n2cnc(OC)c2)cc1. The van der Waals surface area contributed by atoms with Gasteiger partial charge in [-0.2, -0.15) is 0 Å². The highest BCUT2D eigenvalue weighted by atomic mass is 16.5. The first-order valence-electron chi connectivity index (χ1n) is 4.56. The largest absolute Gasteiger partial charge is 0.497 e. The molecule has 4 nitrogen and oxygen atoms in total. The minimum Gasteiger partial charge on any atom is -0.497 e. The first-order chi connectivity index (χ1) is 7.33. The number of nitrogens with zero attached hydrogens (tertiary/aromatic N) is 2. The van der Waals surface area contributed by atoms with Crippen molar-refractivity contribution in [1.29, 1.82) is 0 Å². The van der Waals surface area contributed by atoms with Crippen molar-refractivity contribution in [3.05, 3.63) is 36.8 Å². The fraction of sp³-hybridized carbons (Fsp3) is 0.182. The molecule has 0 N–H and O–H groups in total. The molecule has 1 aromatic carbocycles. The molecule has 2 aromatic rings. The van der Waals surface area contributed by atoms with E-state index in [-0.39, 0.29) is 0 Å². The average Bonchev–Trinajstić information content (AvgIpc) is 2.78. The van der Waals surface area contributed by atoms with Gasteiger partial charge in [-0.1, -0.05) is 0 Å². The van der Waals surface area contributed by atoms with Gasteiger partial charge in [-0.3, -0.25) is 0 Å². The second-order valence-corrected chi connectivity index (χ2v) is 3.02. The van der Waals surface area contributed by atoms with Crippen LogP contribution in [0.5, 0.6) is 11.6 Å². The van der Waals surface area contributed by atoms with Crippen molar-refractivity contribution in [3.63, 3.8) is 0 Å². The molecule has 4 heteroatoms. The average molecular weight is 204 g/mol. The monoisotopic (exact) mass is 204 g/mol. The lowest BCUT2D eigenvalue weighted by Gasteiger charge is -2.03. The maximum Gasteiger partial charge on any atom is 0.231 e. The molecule has 0 aliphatic rings. The van der Waals surface area contributed by atoms with Gasteiger partial charge >= 0.3 is 0 Å². The van der Waals surface area contributed by atoms with Crippen LogP contribution < -0.4 is 9.47 Å². The van der Waals surface area contributed by atoms with E-state index < -0.39 is 0 Å². The molecule has 0 bridgehead atoms. The van der Waals surface area contributed by atoms with Gasteiger partial charge in [0, 0.05) is 5.69 Å². The fourth-order valence-electron chi connectivity index (χ4n) is 1.31. The molecule has 0 aliphatic heterocycles. The van der Waals surface area contributed by atoms with Gasteiger partial charge in [0.1, 0.15) is 12.1 Å². The van der Waals surface area contributed by atoms with E-state index in [0.29, 0.717) is 5.88 Å². The van der Waals surface area contributed by atoms with Crippen LogP contribution in [0.2, 0.25) is 0 Å². The Hall–Kier alpha value is -1.97. The van der Waals surface area contributed by atoms with Crippen LogP contribution >= 0.6 is 0 Å². The Kier molecular flexibility index (Phi) is 2.58. The summed E-state index contributed by atoms with van der Waals surface area (Å²) in [4.78, 5) is 4.06. The third-order valence-corrected chi connectivity index (χ3v) is 2.14. The topological polar surface area (TPSA) is 36.3 Å². The van der Waals surface area contributed by atoms with Crippen LogP contribution in [0.25, 0.3) is 5.69 Å². The van der Waals surface area contributed by atoms with E-state index >= 15 is 0 Å². The van der Waals surface area contributed by atoms with Crippen molar-refractivity contribution in [3.8, 4) is 17.3 Å². The molecule has 1 heterocycles. The van der Waals surface area contributed by atoms with E-state index in [0.717, 1.165) is 11.4 Å². The van der Waals surface area contributed by atoms with Gasteiger partial charge in [0.05, 0.1) is 20.4 Å². The van der Waals surface area contributed by atoms with Crippen LogP contribution in [-0.2, 0) is 0 Å². The summed E-state index contributed by atoms with van der Waals surface area (Å²) in [6.07, 6.45) is 3.53. The van der Waals surface area contributed by atoms with Crippen molar-refractivity contribution in [2.24, 2.45) is 0 Å². The summed E-state index contributed by atoms with van der Waals surface area (Å²) in [6.45, 7) is 0. The van der Waals surface area contributed by atoms with Gasteiger partial charge < -0.3 is 14.0 Å². The van der Waals surface area contributed by atoms with Crippen LogP contribution in [0, 0.1) is 0 Å². The zero-order valence-electron chi connectivity index (χ0n) is 8.68. The Labute approximate surface area is 88.1 Å². The second kappa shape index (κ2) is 4.04. The Morgan fingerprint density at radius 2 is 1.80 bits per heavy atom. The second-order valence-electron chi connectivity index (χ2n) is 3.02. The van der Waals surface area contributed by atoms with Crippen molar-refractivity contribution in [1.82, 2.24) is 9.55 Å². The van der Waals surface area contributed by atoms with Crippen molar-refractivity contribution >= 4 is 0 Å². The van der Waals surface area contributed by atoms with Gasteiger partial charge in [0.2, 0.25) is 5.88 Å². The van der Waals surface area contributed by atoms with E-state index in [2.05, 4.69) is 4.98 Å². The van der Waals surface area contributed by atoms with Gasteiger partial charge in [-0.05, 0) is 24.3 Å². The summed E-state index contributed by atoms with van der Waals surface area (Å²) >= 11 is 0. The van der Waals surface area contributed by atoms with E-state index in [4.69, 9.17) is 9.47 Å². The Bertz CT molecular complexity index is 434. The summed E-state index contributed by atoms with van der Waals surface area (Å²) in [5, 5.41) is 0. The van der Waals surface area contributed by atoms with Crippen LogP contribution in [0.3, 0.4) is 0 Å². The number of rotatable bonds is 3. The molecule has 0 saturated heterocycles. The third kappa shape index (κ3) is 1.93. The number of imidazole rings is 1. The predicted octanol–water partition coefficient (Wildman–Crippen LogP) is 1.89. The molecular formula is C11H12N2O2. The molecule has 0 saturated carbocycles. The molecule has 0 amide bonds. The van der Waals surface area contributed by atoms with Gasteiger partial charge in [-0.25, -0.2) is 4.98 Å². The molecular weight excluding hydrogens is 192 g/mol. The first-order valence-corrected chi connectivity index (χ1v) is 4.56. The molecule has 2 rings (SSSR count). The van der Waals surface area contributed by atoms with Gasteiger partial charge in [0.25, 0.3) is 0 Å². The van der Waals surface area contributed by atoms with Gasteiger partial charge in [0.15, 0.2) is 0 Å². The van der Waals surface area contributed by atoms with Crippen LogP contribution in [0.15, 0.2) is 36.8 Å². The quantitative estimate of drug-likeness (QED) is 0.766. The number of aromatic nitrogens is 2. The number of hydrogen-bond acceptors (Lipinski definition) is 3. The zero-order chi connectivity index (χ0) is 10.7. The van der Waals surface area contributed by atoms with Crippen molar-refractivity contribution < 1.29 is 9.47 Å². The summed E-state index contributed by atoms with van der Waals surface area (Å²) in [6, 6.07) is 7.73. The van der Waals surface area contributed by atoms with Crippen molar-refractivity contribution in [2.75, 3.05) is 14.2 Å². The number of benzene rings is 1. The van der Waals surface area contributed by atoms with Crippen molar-refractivity contribution in [2.45, 2.75) is 0 Å². The number of hydrogen-bond donors (Lipinski definition) is 0. The molecule has 0 atom stereocenters. The summed E-state index contributed by atoms with van der Waals surface area (Å²) < 4.78 is 12.0. The smallest absolute Gasteiger partial charge is 0.231 e. The third-order valence-electron chi connectivity index (χ3n) is 2.14. The maximum atomic E-state index is 5.08. The normalized spacial score (nSPS) is 10.0. The summed E-state index contributed by atoms with van der Waals surface area (Å²) in [5.74, 6) is 1.44. The predicted molar refractivity (Wildman–Crippen MR) is 56.7 cm³/mol. The molecule has 0 spiro atoms. The standard InChI is InChI=1S/C11H12N2O2/c1-14-10-5-3-9(4-6-10)13-7-11(15-2)12-8-13/h3-8H,1-2H3. The maximum absolute atomic E-state index is 5.08. The molecule has 0 unspecified atom stereocenters. The van der Waals surface area contributed by atoms with Crippen LogP contribution in [0.1, 0.15) is 0 Å². The van der Waals surface area contributed by atoms with Crippen LogP contribution in [0.4, 0.5) is 0 Å². The molecule has 78 valence electrons. The van der Waals surface area contributed by atoms with Crippen LogP contribution in [-0.4, -0.2) is 23.8 Å². The minimum atomic E-state index is 0.603. The lowest BCUT2D eigenvalue weighted by molar-refractivity contribution is 0.400. The van der Waals surface area contributed by atoms with E-state index in [1.807, 2.05) is 35.0 Å². The van der Waals surface area contributed by atoms with Gasteiger partial charge in [-0.15, -0.1) is 0 Å². The van der Waals surface area contributed by atoms with E-state index in [9.17, 15) is 0 Å². The highest BCUT2D eigenvalue weighted by molar-refractivity contribution is 5.38. The number of ether oxygens (including phenoxy) is 2. The van der Waals surface area contributed by atoms with E-state index in [1.165, 1.54) is 0 Å². The lowest BCUT2D eigenvalue weighted by Crippen LogP contribution is -1.90. The first kappa shape index (κ1) is 9.58. The summed E-state index contributed by atoms with van der Waals surface area (Å²) in [7, 11) is 3.25. The Morgan fingerprint density at radius 1 is 1.07 bits per heavy atom. The Morgan fingerprint density at radius 3 is 2.33 bits per heavy atom. The lowest BCUT2D eigenvalue weighted by atomic mass is 10.3. The molecule has 0 fully saturated rings. The fourth-order valence-corrected chi connectivity index (χ4v) is 1.31. The summed E-state index contributed by atoms with van der Waals surface area (Å²) in [5.41, 5.74) is 1.02. The minimum absolute atomic E-state index is 0.603. The number of methoxy groups -OCH3 is 2. The Balaban J connectivity index is 2.28. The highest BCUT2D eigenvalue weighted by Crippen LogP contribution is 2.16. The van der Waals surface area contributed by atoms with E-state index in [1.54, 1.807) is 20.5 Å². The molecule has 1 aromatic heterocycles. The molecule has 15 heavy (non-hydrogen) atoms. The zero-order valence-corrected chi connectivity index (χ0v) is 8.68. The molecule has 0 radical (unpaired) electrons. The highest BCUT2D eigenvalue weighted by Gasteiger charge is 2.00. The molecule has 0 aliphatic carbocycles.